The molecule has 0 bridgehead atoms. The van der Waals surface area contributed by atoms with Crippen molar-refractivity contribution in [1.82, 2.24) is 4.90 Å². The number of aliphatic hydroxyl groups is 1. The highest BCUT2D eigenvalue weighted by atomic mass is 16.3. The van der Waals surface area contributed by atoms with Gasteiger partial charge in [-0.2, -0.15) is 0 Å². The molecule has 5 nitrogen and oxygen atoms in total. The number of furan rings is 1. The molecule has 0 fully saturated rings. The number of rotatable bonds is 5. The summed E-state index contributed by atoms with van der Waals surface area (Å²) in [5, 5.41) is 12.2. The largest absolute Gasteiger partial charge is 0.467 e. The summed E-state index contributed by atoms with van der Waals surface area (Å²) in [5.41, 5.74) is 3.46. The first kappa shape index (κ1) is 15.6. The Labute approximate surface area is 135 Å². The molecule has 1 aliphatic rings. The van der Waals surface area contributed by atoms with Gasteiger partial charge in [-0.05, 0) is 55.0 Å². The van der Waals surface area contributed by atoms with Crippen LogP contribution in [0.1, 0.15) is 29.7 Å². The zero-order valence-corrected chi connectivity index (χ0v) is 13.1. The minimum Gasteiger partial charge on any atom is -0.467 e. The van der Waals surface area contributed by atoms with Gasteiger partial charge in [0.05, 0.1) is 19.4 Å². The van der Waals surface area contributed by atoms with Gasteiger partial charge < -0.3 is 19.7 Å². The van der Waals surface area contributed by atoms with Crippen LogP contribution in [0.5, 0.6) is 0 Å². The number of amides is 2. The molecular formula is C18H22N2O3. The van der Waals surface area contributed by atoms with E-state index in [4.69, 9.17) is 4.42 Å². The number of aliphatic hydroxyl groups excluding tert-OH is 1. The third-order valence-corrected chi connectivity index (χ3v) is 4.22. The first-order chi connectivity index (χ1) is 11.3. The number of urea groups is 1. The number of carbonyl (C=O) groups is 1. The van der Waals surface area contributed by atoms with Gasteiger partial charge in [-0.3, -0.25) is 0 Å². The molecule has 1 heterocycles. The van der Waals surface area contributed by atoms with Gasteiger partial charge in [0.25, 0.3) is 0 Å². The summed E-state index contributed by atoms with van der Waals surface area (Å²) in [6.07, 6.45) is 6.03. The minimum absolute atomic E-state index is 0.0823. The molecule has 2 N–H and O–H groups in total. The zero-order chi connectivity index (χ0) is 16.1. The second-order valence-corrected chi connectivity index (χ2v) is 5.81. The Morgan fingerprint density at radius 3 is 2.87 bits per heavy atom. The lowest BCUT2D eigenvalue weighted by atomic mass is 9.90. The second-order valence-electron chi connectivity index (χ2n) is 5.81. The van der Waals surface area contributed by atoms with Crippen LogP contribution in [0, 0.1) is 0 Å². The molecule has 1 aromatic heterocycles. The molecule has 2 amide bonds. The summed E-state index contributed by atoms with van der Waals surface area (Å²) in [4.78, 5) is 14.1. The van der Waals surface area contributed by atoms with Gasteiger partial charge in [-0.15, -0.1) is 0 Å². The average Bonchev–Trinajstić information content (AvgIpc) is 3.08. The summed E-state index contributed by atoms with van der Waals surface area (Å²) in [5.74, 6) is 0.698. The van der Waals surface area contributed by atoms with Crippen LogP contribution < -0.4 is 5.32 Å². The van der Waals surface area contributed by atoms with Gasteiger partial charge in [0.15, 0.2) is 0 Å². The van der Waals surface area contributed by atoms with Crippen LogP contribution in [0.2, 0.25) is 0 Å². The SMILES string of the molecule is O=C(Nc1cccc2c1CCCC2)N(CCO)Cc1ccco1. The van der Waals surface area contributed by atoms with Crippen molar-refractivity contribution in [1.29, 1.82) is 0 Å². The molecule has 0 radical (unpaired) electrons. The molecule has 0 atom stereocenters. The van der Waals surface area contributed by atoms with E-state index in [-0.39, 0.29) is 19.2 Å². The summed E-state index contributed by atoms with van der Waals surface area (Å²) >= 11 is 0. The molecule has 1 aliphatic carbocycles. The number of benzene rings is 1. The fourth-order valence-corrected chi connectivity index (χ4v) is 3.06. The van der Waals surface area contributed by atoms with Crippen LogP contribution in [0.25, 0.3) is 0 Å². The highest BCUT2D eigenvalue weighted by Gasteiger charge is 2.18. The van der Waals surface area contributed by atoms with Crippen LogP contribution in [0.3, 0.4) is 0 Å². The predicted molar refractivity (Wildman–Crippen MR) is 88.3 cm³/mol. The molecule has 5 heteroatoms. The number of hydrogen-bond donors (Lipinski definition) is 2. The highest BCUT2D eigenvalue weighted by Crippen LogP contribution is 2.28. The lowest BCUT2D eigenvalue weighted by Crippen LogP contribution is -2.36. The number of nitrogens with zero attached hydrogens (tertiary/aromatic N) is 1. The monoisotopic (exact) mass is 314 g/mol. The van der Waals surface area contributed by atoms with Gasteiger partial charge in [-0.1, -0.05) is 12.1 Å². The molecule has 23 heavy (non-hydrogen) atoms. The molecular weight excluding hydrogens is 292 g/mol. The van der Waals surface area contributed by atoms with Gasteiger partial charge in [0.1, 0.15) is 5.76 Å². The van der Waals surface area contributed by atoms with Crippen molar-refractivity contribution in [3.63, 3.8) is 0 Å². The predicted octanol–water partition coefficient (Wildman–Crippen LogP) is 3.18. The van der Waals surface area contributed by atoms with Crippen molar-refractivity contribution in [2.24, 2.45) is 0 Å². The second kappa shape index (κ2) is 7.33. The van der Waals surface area contributed by atoms with Crippen LogP contribution >= 0.6 is 0 Å². The molecule has 0 unspecified atom stereocenters. The minimum atomic E-state index is -0.213. The van der Waals surface area contributed by atoms with Crippen molar-refractivity contribution in [3.05, 3.63) is 53.5 Å². The van der Waals surface area contributed by atoms with Gasteiger partial charge in [0.2, 0.25) is 0 Å². The Morgan fingerprint density at radius 2 is 2.09 bits per heavy atom. The maximum absolute atomic E-state index is 12.6. The Bertz CT molecular complexity index is 652. The van der Waals surface area contributed by atoms with Crippen LogP contribution in [0.15, 0.2) is 41.0 Å². The van der Waals surface area contributed by atoms with Gasteiger partial charge >= 0.3 is 6.03 Å². The summed E-state index contributed by atoms with van der Waals surface area (Å²) in [6, 6.07) is 9.47. The van der Waals surface area contributed by atoms with Crippen molar-refractivity contribution in [2.75, 3.05) is 18.5 Å². The third-order valence-electron chi connectivity index (χ3n) is 4.22. The van der Waals surface area contributed by atoms with Crippen LogP contribution in [-0.4, -0.2) is 29.2 Å². The van der Waals surface area contributed by atoms with E-state index >= 15 is 0 Å². The Morgan fingerprint density at radius 1 is 1.22 bits per heavy atom. The summed E-state index contributed by atoms with van der Waals surface area (Å²) in [6.45, 7) is 0.525. The van der Waals surface area contributed by atoms with Crippen molar-refractivity contribution in [3.8, 4) is 0 Å². The van der Waals surface area contributed by atoms with E-state index in [0.29, 0.717) is 12.3 Å². The fourth-order valence-electron chi connectivity index (χ4n) is 3.06. The number of fused-ring (bicyclic) bond motifs is 1. The van der Waals surface area contributed by atoms with E-state index in [9.17, 15) is 9.90 Å². The quantitative estimate of drug-likeness (QED) is 0.891. The Kier molecular flexibility index (Phi) is 4.98. The van der Waals surface area contributed by atoms with E-state index in [1.54, 1.807) is 17.2 Å². The number of aryl methyl sites for hydroxylation is 1. The van der Waals surface area contributed by atoms with E-state index in [1.165, 1.54) is 17.5 Å². The van der Waals surface area contributed by atoms with Crippen molar-refractivity contribution in [2.45, 2.75) is 32.2 Å². The molecule has 0 aliphatic heterocycles. The Hall–Kier alpha value is -2.27. The normalized spacial score (nSPS) is 13.4. The van der Waals surface area contributed by atoms with E-state index in [2.05, 4.69) is 11.4 Å². The number of nitrogens with one attached hydrogen (secondary N) is 1. The van der Waals surface area contributed by atoms with Gasteiger partial charge in [-0.25, -0.2) is 4.79 Å². The summed E-state index contributed by atoms with van der Waals surface area (Å²) in [7, 11) is 0. The third kappa shape index (κ3) is 3.74. The van der Waals surface area contributed by atoms with E-state index < -0.39 is 0 Å². The van der Waals surface area contributed by atoms with Gasteiger partial charge in [0, 0.05) is 12.2 Å². The Balaban J connectivity index is 1.74. The number of hydrogen-bond acceptors (Lipinski definition) is 3. The van der Waals surface area contributed by atoms with Crippen LogP contribution in [-0.2, 0) is 19.4 Å². The van der Waals surface area contributed by atoms with E-state index in [0.717, 1.165) is 24.9 Å². The average molecular weight is 314 g/mol. The molecule has 3 rings (SSSR count). The molecule has 0 spiro atoms. The van der Waals surface area contributed by atoms with E-state index in [1.807, 2.05) is 18.2 Å². The first-order valence-corrected chi connectivity index (χ1v) is 8.08. The maximum atomic E-state index is 12.6. The van der Waals surface area contributed by atoms with Crippen molar-refractivity contribution >= 4 is 11.7 Å². The lowest BCUT2D eigenvalue weighted by Gasteiger charge is -2.24. The lowest BCUT2D eigenvalue weighted by molar-refractivity contribution is 0.180. The zero-order valence-electron chi connectivity index (χ0n) is 13.1. The fraction of sp³-hybridized carbons (Fsp3) is 0.389. The molecule has 1 aromatic carbocycles. The molecule has 0 saturated carbocycles. The topological polar surface area (TPSA) is 65.7 Å². The molecule has 0 saturated heterocycles. The first-order valence-electron chi connectivity index (χ1n) is 8.08. The smallest absolute Gasteiger partial charge is 0.322 e. The number of anilines is 1. The van der Waals surface area contributed by atoms with Crippen molar-refractivity contribution < 1.29 is 14.3 Å². The summed E-state index contributed by atoms with van der Waals surface area (Å²) < 4.78 is 5.30. The number of carbonyl (C=O) groups excluding carboxylic acids is 1. The standard InChI is InChI=1S/C18H22N2O3/c21-11-10-20(13-15-7-4-12-23-15)18(22)19-17-9-3-6-14-5-1-2-8-16(14)17/h3-4,6-7,9,12,21H,1-2,5,8,10-11,13H2,(H,19,22). The maximum Gasteiger partial charge on any atom is 0.322 e. The van der Waals surface area contributed by atoms with Crippen LogP contribution in [0.4, 0.5) is 10.5 Å². The highest BCUT2D eigenvalue weighted by molar-refractivity contribution is 5.90. The molecule has 122 valence electrons. The molecule has 2 aromatic rings.